The van der Waals surface area contributed by atoms with E-state index in [9.17, 15) is 4.39 Å². The van der Waals surface area contributed by atoms with E-state index < -0.39 is 11.4 Å². The van der Waals surface area contributed by atoms with Crippen molar-refractivity contribution in [3.8, 4) is 22.7 Å². The van der Waals surface area contributed by atoms with Crippen molar-refractivity contribution in [2.24, 2.45) is 5.73 Å². The van der Waals surface area contributed by atoms with Gasteiger partial charge >= 0.3 is 0 Å². The molecule has 2 heterocycles. The van der Waals surface area contributed by atoms with Crippen LogP contribution in [0.1, 0.15) is 37.3 Å². The fraction of sp³-hybridized carbons (Fsp3) is 0.353. The molecule has 1 aromatic carbocycles. The molecule has 0 amide bonds. The first-order valence-corrected chi connectivity index (χ1v) is 8.41. The molecule has 8 heteroatoms. The molecule has 130 valence electrons. The number of hydrogen-bond acceptors (Lipinski definition) is 6. The van der Waals surface area contributed by atoms with E-state index in [2.05, 4.69) is 15.3 Å². The van der Waals surface area contributed by atoms with E-state index in [1.54, 1.807) is 13.0 Å². The van der Waals surface area contributed by atoms with Gasteiger partial charge in [0, 0.05) is 0 Å². The number of rotatable bonds is 3. The highest BCUT2D eigenvalue weighted by Gasteiger charge is 2.37. The topological polar surface area (TPSA) is 91.0 Å². The van der Waals surface area contributed by atoms with Crippen LogP contribution in [-0.2, 0) is 5.54 Å². The lowest BCUT2D eigenvalue weighted by molar-refractivity contribution is 0.371. The highest BCUT2D eigenvalue weighted by Crippen LogP contribution is 2.40. The molecule has 1 aliphatic rings. The van der Waals surface area contributed by atoms with Crippen molar-refractivity contribution >= 4 is 11.6 Å². The maximum atomic E-state index is 14.3. The second-order valence-electron chi connectivity index (χ2n) is 6.35. The number of nitrogens with two attached hydrogens (primary N) is 1. The lowest BCUT2D eigenvalue weighted by Gasteiger charge is -2.17. The molecule has 0 saturated heterocycles. The molecular weight excluding hydrogens is 347 g/mol. The van der Waals surface area contributed by atoms with Crippen LogP contribution in [0.15, 0.2) is 27.2 Å². The summed E-state index contributed by atoms with van der Waals surface area (Å²) in [5.74, 6) is 0.570. The Balaban J connectivity index is 1.83. The van der Waals surface area contributed by atoms with E-state index in [0.717, 1.165) is 25.7 Å². The van der Waals surface area contributed by atoms with E-state index in [1.165, 1.54) is 12.1 Å². The Labute approximate surface area is 148 Å². The van der Waals surface area contributed by atoms with E-state index >= 15 is 0 Å². The molecule has 0 bridgehead atoms. The van der Waals surface area contributed by atoms with Gasteiger partial charge in [0.25, 0.3) is 5.89 Å². The second-order valence-corrected chi connectivity index (χ2v) is 6.75. The van der Waals surface area contributed by atoms with Gasteiger partial charge in [-0.05, 0) is 31.9 Å². The Morgan fingerprint density at radius 1 is 1.16 bits per heavy atom. The van der Waals surface area contributed by atoms with Crippen molar-refractivity contribution < 1.29 is 13.4 Å². The summed E-state index contributed by atoms with van der Waals surface area (Å²) in [5.41, 5.74) is 6.59. The Morgan fingerprint density at radius 3 is 2.64 bits per heavy atom. The minimum absolute atomic E-state index is 0.138. The Hall–Kier alpha value is -2.25. The van der Waals surface area contributed by atoms with Gasteiger partial charge in [-0.1, -0.05) is 40.8 Å². The molecule has 1 saturated carbocycles. The molecule has 0 unspecified atom stereocenters. The number of aryl methyl sites for hydroxylation is 1. The predicted molar refractivity (Wildman–Crippen MR) is 89.3 cm³/mol. The van der Waals surface area contributed by atoms with Gasteiger partial charge in [0.1, 0.15) is 22.8 Å². The molecule has 2 N–H and O–H groups in total. The average Bonchev–Trinajstić information content (AvgIpc) is 3.28. The Kier molecular flexibility index (Phi) is 3.85. The molecule has 0 spiro atoms. The van der Waals surface area contributed by atoms with E-state index in [1.807, 2.05) is 0 Å². The molecule has 2 aromatic heterocycles. The van der Waals surface area contributed by atoms with Gasteiger partial charge < -0.3 is 14.8 Å². The van der Waals surface area contributed by atoms with Gasteiger partial charge in [-0.2, -0.15) is 4.98 Å². The first-order valence-electron chi connectivity index (χ1n) is 8.04. The van der Waals surface area contributed by atoms with Crippen LogP contribution in [0, 0.1) is 12.7 Å². The first-order chi connectivity index (χ1) is 12.0. The normalized spacial score (nSPS) is 16.5. The summed E-state index contributed by atoms with van der Waals surface area (Å²) >= 11 is 6.16. The number of halogens is 2. The lowest BCUT2D eigenvalue weighted by atomic mass is 9.98. The molecule has 0 aliphatic heterocycles. The Morgan fingerprint density at radius 2 is 1.92 bits per heavy atom. The summed E-state index contributed by atoms with van der Waals surface area (Å²) in [7, 11) is 0. The summed E-state index contributed by atoms with van der Waals surface area (Å²) in [6.07, 6.45) is 3.67. The number of aromatic nitrogens is 3. The van der Waals surface area contributed by atoms with Crippen molar-refractivity contribution in [1.82, 2.24) is 15.3 Å². The fourth-order valence-corrected chi connectivity index (χ4v) is 3.53. The van der Waals surface area contributed by atoms with Gasteiger partial charge in [0.15, 0.2) is 5.82 Å². The molecule has 4 rings (SSSR count). The molecule has 1 fully saturated rings. The van der Waals surface area contributed by atoms with Crippen LogP contribution >= 0.6 is 11.6 Å². The molecule has 6 nitrogen and oxygen atoms in total. The predicted octanol–water partition coefficient (Wildman–Crippen LogP) is 4.22. The van der Waals surface area contributed by atoms with Crippen molar-refractivity contribution in [2.75, 3.05) is 0 Å². The smallest absolute Gasteiger partial charge is 0.263 e. The summed E-state index contributed by atoms with van der Waals surface area (Å²) in [4.78, 5) is 4.44. The van der Waals surface area contributed by atoms with Crippen molar-refractivity contribution in [2.45, 2.75) is 38.1 Å². The average molecular weight is 363 g/mol. The van der Waals surface area contributed by atoms with E-state index in [0.29, 0.717) is 17.1 Å². The second kappa shape index (κ2) is 5.93. The van der Waals surface area contributed by atoms with E-state index in [-0.39, 0.29) is 22.2 Å². The molecule has 3 aromatic rings. The number of hydrogen-bond donors (Lipinski definition) is 1. The highest BCUT2D eigenvalue weighted by atomic mass is 35.5. The van der Waals surface area contributed by atoms with Crippen molar-refractivity contribution in [3.05, 3.63) is 40.6 Å². The summed E-state index contributed by atoms with van der Waals surface area (Å²) in [6, 6.07) is 4.42. The maximum Gasteiger partial charge on any atom is 0.263 e. The minimum Gasteiger partial charge on any atom is -0.360 e. The van der Waals surface area contributed by atoms with Crippen LogP contribution in [0.2, 0.25) is 5.02 Å². The van der Waals surface area contributed by atoms with Crippen LogP contribution in [0.3, 0.4) is 0 Å². The van der Waals surface area contributed by atoms with Gasteiger partial charge in [-0.25, -0.2) is 4.39 Å². The third kappa shape index (κ3) is 2.63. The third-order valence-electron chi connectivity index (χ3n) is 4.64. The maximum absolute atomic E-state index is 14.3. The Bertz CT molecular complexity index is 910. The zero-order valence-corrected chi connectivity index (χ0v) is 14.3. The molecule has 25 heavy (non-hydrogen) atoms. The summed E-state index contributed by atoms with van der Waals surface area (Å²) in [5, 5.41) is 8.21. The van der Waals surface area contributed by atoms with Crippen molar-refractivity contribution in [1.29, 1.82) is 0 Å². The monoisotopic (exact) mass is 362 g/mol. The molecule has 0 atom stereocenters. The molecule has 1 aliphatic carbocycles. The SMILES string of the molecule is Cc1onc(-c2c(F)cccc2Cl)c1-c1nc(C2(N)CCCC2)no1. The lowest BCUT2D eigenvalue weighted by Crippen LogP contribution is -2.34. The zero-order valence-electron chi connectivity index (χ0n) is 13.6. The first kappa shape index (κ1) is 16.2. The van der Waals surface area contributed by atoms with Gasteiger partial charge in [-0.15, -0.1) is 0 Å². The van der Waals surface area contributed by atoms with Crippen LogP contribution in [-0.4, -0.2) is 15.3 Å². The van der Waals surface area contributed by atoms with Crippen LogP contribution < -0.4 is 5.73 Å². The largest absolute Gasteiger partial charge is 0.360 e. The third-order valence-corrected chi connectivity index (χ3v) is 4.96. The number of nitrogens with zero attached hydrogens (tertiary/aromatic N) is 3. The fourth-order valence-electron chi connectivity index (χ4n) is 3.28. The minimum atomic E-state index is -0.581. The van der Waals surface area contributed by atoms with Crippen LogP contribution in [0.4, 0.5) is 4.39 Å². The quantitative estimate of drug-likeness (QED) is 0.750. The van der Waals surface area contributed by atoms with Crippen LogP contribution in [0.5, 0.6) is 0 Å². The molecular formula is C17H16ClFN4O2. The van der Waals surface area contributed by atoms with E-state index in [4.69, 9.17) is 26.4 Å². The summed E-state index contributed by atoms with van der Waals surface area (Å²) in [6.45, 7) is 1.69. The van der Waals surface area contributed by atoms with Crippen LogP contribution in [0.25, 0.3) is 22.7 Å². The molecule has 0 radical (unpaired) electrons. The summed E-state index contributed by atoms with van der Waals surface area (Å²) < 4.78 is 24.9. The standard InChI is InChI=1S/C17H16ClFN4O2/c1-9-12(14(22-24-9)13-10(18)5-4-6-11(13)19)15-21-16(23-25-15)17(20)7-2-3-8-17/h4-6H,2-3,7-8,20H2,1H3. The van der Waals surface area contributed by atoms with Gasteiger partial charge in [-0.3, -0.25) is 0 Å². The number of benzene rings is 1. The van der Waals surface area contributed by atoms with Gasteiger partial charge in [0.05, 0.1) is 16.1 Å². The van der Waals surface area contributed by atoms with Crippen molar-refractivity contribution in [3.63, 3.8) is 0 Å². The zero-order chi connectivity index (χ0) is 17.6. The highest BCUT2D eigenvalue weighted by molar-refractivity contribution is 6.33. The van der Waals surface area contributed by atoms with Gasteiger partial charge in [0.2, 0.25) is 0 Å².